The van der Waals surface area contributed by atoms with E-state index in [1.165, 1.54) is 0 Å². The van der Waals surface area contributed by atoms with Crippen molar-refractivity contribution in [2.24, 2.45) is 5.92 Å². The van der Waals surface area contributed by atoms with Crippen LogP contribution >= 0.6 is 0 Å². The molecule has 0 heterocycles. The van der Waals surface area contributed by atoms with Crippen molar-refractivity contribution in [3.8, 4) is 0 Å². The number of aryl methyl sites for hydroxylation is 2. The molecule has 0 amide bonds. The second-order valence-corrected chi connectivity index (χ2v) is 7.88. The number of nitrogens with zero attached hydrogens (tertiary/aromatic N) is 1. The molecular formula is C16H26N2O2S. The van der Waals surface area contributed by atoms with E-state index in [2.05, 4.69) is 5.32 Å². The first-order valence-corrected chi connectivity index (χ1v) is 9.09. The summed E-state index contributed by atoms with van der Waals surface area (Å²) >= 11 is 0. The minimum Gasteiger partial charge on any atom is -0.316 e. The maximum atomic E-state index is 12.9. The zero-order valence-electron chi connectivity index (χ0n) is 13.4. The zero-order valence-corrected chi connectivity index (χ0v) is 14.3. The van der Waals surface area contributed by atoms with Crippen molar-refractivity contribution in [1.82, 2.24) is 9.62 Å². The van der Waals surface area contributed by atoms with Gasteiger partial charge < -0.3 is 5.32 Å². The van der Waals surface area contributed by atoms with E-state index in [9.17, 15) is 8.42 Å². The minimum absolute atomic E-state index is 0.459. The highest BCUT2D eigenvalue weighted by molar-refractivity contribution is 7.89. The lowest BCUT2D eigenvalue weighted by atomic mass is 10.1. The first-order valence-electron chi connectivity index (χ1n) is 7.65. The van der Waals surface area contributed by atoms with Gasteiger partial charge in [0.25, 0.3) is 0 Å². The third-order valence-corrected chi connectivity index (χ3v) is 6.21. The van der Waals surface area contributed by atoms with Crippen molar-refractivity contribution in [3.63, 3.8) is 0 Å². The van der Waals surface area contributed by atoms with E-state index >= 15 is 0 Å². The van der Waals surface area contributed by atoms with Crippen LogP contribution in [0.4, 0.5) is 0 Å². The fraction of sp³-hybridized carbons (Fsp3) is 0.625. The van der Waals surface area contributed by atoms with E-state index in [0.717, 1.165) is 29.5 Å². The van der Waals surface area contributed by atoms with Gasteiger partial charge >= 0.3 is 0 Å². The summed E-state index contributed by atoms with van der Waals surface area (Å²) in [6.45, 7) is 7.70. The summed E-state index contributed by atoms with van der Waals surface area (Å²) in [5.41, 5.74) is 3.01. The molecule has 118 valence electrons. The largest absolute Gasteiger partial charge is 0.316 e. The molecule has 5 heteroatoms. The molecule has 4 nitrogen and oxygen atoms in total. The van der Waals surface area contributed by atoms with Crippen LogP contribution in [0, 0.1) is 19.8 Å². The van der Waals surface area contributed by atoms with E-state index < -0.39 is 10.0 Å². The van der Waals surface area contributed by atoms with Crippen LogP contribution in [0.1, 0.15) is 36.5 Å². The molecule has 1 fully saturated rings. The number of hydrogen-bond acceptors (Lipinski definition) is 3. The van der Waals surface area contributed by atoms with Gasteiger partial charge in [-0.25, -0.2) is 8.42 Å². The molecular weight excluding hydrogens is 284 g/mol. The Morgan fingerprint density at radius 2 is 1.90 bits per heavy atom. The Balaban J connectivity index is 2.39. The first-order chi connectivity index (χ1) is 9.90. The van der Waals surface area contributed by atoms with E-state index in [-0.39, 0.29) is 0 Å². The summed E-state index contributed by atoms with van der Waals surface area (Å²) in [7, 11) is -1.51. The van der Waals surface area contributed by atoms with Crippen molar-refractivity contribution in [2.75, 3.05) is 20.1 Å². The van der Waals surface area contributed by atoms with Crippen LogP contribution in [0.3, 0.4) is 0 Å². The lowest BCUT2D eigenvalue weighted by molar-refractivity contribution is 0.411. The van der Waals surface area contributed by atoms with Crippen LogP contribution in [0.5, 0.6) is 0 Å². The monoisotopic (exact) mass is 310 g/mol. The molecule has 0 radical (unpaired) electrons. The van der Waals surface area contributed by atoms with Crippen molar-refractivity contribution in [2.45, 2.75) is 45.1 Å². The van der Waals surface area contributed by atoms with Crippen molar-refractivity contribution >= 4 is 10.0 Å². The van der Waals surface area contributed by atoms with Gasteiger partial charge in [-0.05, 0) is 62.4 Å². The topological polar surface area (TPSA) is 49.4 Å². The van der Waals surface area contributed by atoms with E-state index in [1.807, 2.05) is 40.0 Å². The van der Waals surface area contributed by atoms with Crippen LogP contribution in [-0.4, -0.2) is 32.9 Å². The molecule has 0 aliphatic heterocycles. The highest BCUT2D eigenvalue weighted by Crippen LogP contribution is 2.32. The number of rotatable bonds is 7. The maximum Gasteiger partial charge on any atom is 0.243 e. The van der Waals surface area contributed by atoms with Crippen LogP contribution in [-0.2, 0) is 16.6 Å². The number of benzene rings is 1. The van der Waals surface area contributed by atoms with Gasteiger partial charge in [0.05, 0.1) is 4.90 Å². The van der Waals surface area contributed by atoms with Crippen molar-refractivity contribution in [1.29, 1.82) is 0 Å². The quantitative estimate of drug-likeness (QED) is 0.841. The normalized spacial score (nSPS) is 15.7. The molecule has 1 aliphatic carbocycles. The molecule has 1 aliphatic rings. The van der Waals surface area contributed by atoms with Crippen LogP contribution in [0.25, 0.3) is 0 Å². The molecule has 1 saturated carbocycles. The fourth-order valence-electron chi connectivity index (χ4n) is 2.66. The Hall–Kier alpha value is -0.910. The van der Waals surface area contributed by atoms with Gasteiger partial charge in [-0.2, -0.15) is 4.31 Å². The molecule has 0 spiro atoms. The van der Waals surface area contributed by atoms with Gasteiger partial charge in [0.2, 0.25) is 10.0 Å². The lowest BCUT2D eigenvalue weighted by Crippen LogP contribution is -2.33. The molecule has 0 saturated heterocycles. The Bertz CT molecular complexity index is 607. The molecule has 1 aromatic carbocycles. The predicted octanol–water partition coefficient (Wildman–Crippen LogP) is 2.44. The summed E-state index contributed by atoms with van der Waals surface area (Å²) in [6.07, 6.45) is 2.31. The third-order valence-electron chi connectivity index (χ3n) is 4.13. The lowest BCUT2D eigenvalue weighted by Gasteiger charge is -2.22. The Morgan fingerprint density at radius 1 is 1.24 bits per heavy atom. The highest BCUT2D eigenvalue weighted by Gasteiger charge is 2.31. The number of sulfonamides is 1. The summed E-state index contributed by atoms with van der Waals surface area (Å²) < 4.78 is 27.5. The summed E-state index contributed by atoms with van der Waals surface area (Å²) in [4.78, 5) is 0.459. The molecule has 0 aromatic heterocycles. The van der Waals surface area contributed by atoms with Gasteiger partial charge in [-0.3, -0.25) is 0 Å². The fourth-order valence-corrected chi connectivity index (χ4v) is 4.44. The SMILES string of the molecule is CCN(CC1CC1)S(=O)(=O)c1cc(CNC)c(C)cc1C. The van der Waals surface area contributed by atoms with Crippen molar-refractivity contribution in [3.05, 3.63) is 28.8 Å². The van der Waals surface area contributed by atoms with Gasteiger partial charge in [-0.1, -0.05) is 13.0 Å². The summed E-state index contributed by atoms with van der Waals surface area (Å²) in [6, 6.07) is 3.82. The van der Waals surface area contributed by atoms with E-state index in [0.29, 0.717) is 30.4 Å². The number of hydrogen-bond donors (Lipinski definition) is 1. The highest BCUT2D eigenvalue weighted by atomic mass is 32.2. The van der Waals surface area contributed by atoms with Crippen molar-refractivity contribution < 1.29 is 8.42 Å². The Morgan fingerprint density at radius 3 is 2.43 bits per heavy atom. The molecule has 1 aromatic rings. The van der Waals surface area contributed by atoms with E-state index in [1.54, 1.807) is 4.31 Å². The molecule has 2 rings (SSSR count). The Labute approximate surface area is 128 Å². The molecule has 0 unspecified atom stereocenters. The van der Waals surface area contributed by atoms with Gasteiger partial charge in [-0.15, -0.1) is 0 Å². The smallest absolute Gasteiger partial charge is 0.243 e. The van der Waals surface area contributed by atoms with E-state index in [4.69, 9.17) is 0 Å². The standard InChI is InChI=1S/C16H26N2O2S/c1-5-18(11-14-6-7-14)21(19,20)16-9-15(10-17-4)12(2)8-13(16)3/h8-9,14,17H,5-7,10-11H2,1-4H3. The summed E-state index contributed by atoms with van der Waals surface area (Å²) in [5.74, 6) is 0.558. The van der Waals surface area contributed by atoms with Gasteiger partial charge in [0.15, 0.2) is 0 Å². The molecule has 21 heavy (non-hydrogen) atoms. The van der Waals surface area contributed by atoms with Crippen LogP contribution in [0.2, 0.25) is 0 Å². The van der Waals surface area contributed by atoms with Crippen LogP contribution < -0.4 is 5.32 Å². The third kappa shape index (κ3) is 3.65. The maximum absolute atomic E-state index is 12.9. The molecule has 1 N–H and O–H groups in total. The van der Waals surface area contributed by atoms with Gasteiger partial charge in [0.1, 0.15) is 0 Å². The number of nitrogens with one attached hydrogen (secondary N) is 1. The molecule has 0 atom stereocenters. The van der Waals surface area contributed by atoms with Crippen LogP contribution in [0.15, 0.2) is 17.0 Å². The second-order valence-electron chi connectivity index (χ2n) is 5.97. The average molecular weight is 310 g/mol. The second kappa shape index (κ2) is 6.46. The minimum atomic E-state index is -3.39. The first kappa shape index (κ1) is 16.5. The Kier molecular flexibility index (Phi) is 5.07. The zero-order chi connectivity index (χ0) is 15.6. The predicted molar refractivity (Wildman–Crippen MR) is 85.8 cm³/mol. The average Bonchev–Trinajstić information content (AvgIpc) is 3.22. The van der Waals surface area contributed by atoms with Gasteiger partial charge in [0, 0.05) is 19.6 Å². The summed E-state index contributed by atoms with van der Waals surface area (Å²) in [5, 5.41) is 3.10. The molecule has 0 bridgehead atoms.